The smallest absolute Gasteiger partial charge is 0.492 e. The Morgan fingerprint density at radius 2 is 1.70 bits per heavy atom. The third-order valence-corrected chi connectivity index (χ3v) is 7.05. The van der Waals surface area contributed by atoms with E-state index in [0.717, 1.165) is 49.8 Å². The van der Waals surface area contributed by atoms with Crippen LogP contribution in [0.3, 0.4) is 0 Å². The van der Waals surface area contributed by atoms with E-state index in [1.165, 1.54) is 30.6 Å². The van der Waals surface area contributed by atoms with E-state index in [4.69, 9.17) is 19.4 Å². The van der Waals surface area contributed by atoms with Crippen molar-refractivity contribution in [3.8, 4) is 22.8 Å². The Balaban J connectivity index is 1.37. The van der Waals surface area contributed by atoms with E-state index in [1.807, 2.05) is 60.4 Å². The highest BCUT2D eigenvalue weighted by Gasteiger charge is 2.31. The number of nitrogens with zero attached hydrogens (tertiary/aromatic N) is 5. The predicted molar refractivity (Wildman–Crippen MR) is 156 cm³/mol. The minimum Gasteiger partial charge on any atom is -0.492 e. The number of imidazole rings is 1. The Kier molecular flexibility index (Phi) is 8.12. The van der Waals surface area contributed by atoms with Crippen LogP contribution < -0.4 is 14.4 Å². The molecule has 0 unspecified atom stereocenters. The van der Waals surface area contributed by atoms with E-state index in [0.29, 0.717) is 40.7 Å². The van der Waals surface area contributed by atoms with Crippen LogP contribution in [-0.4, -0.2) is 70.7 Å². The molecule has 0 atom stereocenters. The lowest BCUT2D eigenvalue weighted by Crippen LogP contribution is -2.38. The molecular formula is C31H29F3N6O3. The van der Waals surface area contributed by atoms with Crippen LogP contribution in [0.4, 0.5) is 30.5 Å². The zero-order valence-electron chi connectivity index (χ0n) is 23.3. The molecule has 43 heavy (non-hydrogen) atoms. The molecule has 1 aliphatic heterocycles. The van der Waals surface area contributed by atoms with E-state index in [-0.39, 0.29) is 5.75 Å². The van der Waals surface area contributed by atoms with Crippen molar-refractivity contribution in [2.45, 2.75) is 13.3 Å². The number of fused-ring (bicyclic) bond motifs is 1. The van der Waals surface area contributed by atoms with Crippen molar-refractivity contribution < 1.29 is 27.4 Å². The standard InChI is InChI=1S/C31H29F3N6O3/c1-21-7-10-25(42-18-15-39-13-16-41-17-14-39)19-26(21)40(23-5-3-2-4-6-23)30-37-27(28-29(38-30)36-20-35-28)22-8-11-24(12-9-22)43-31(32,33)34/h2-12,19-20H,13-18H2,1H3,(H,35,36,37,38). The quantitative estimate of drug-likeness (QED) is 0.211. The fourth-order valence-electron chi connectivity index (χ4n) is 4.92. The van der Waals surface area contributed by atoms with Crippen LogP contribution in [0, 0.1) is 6.92 Å². The maximum absolute atomic E-state index is 12.7. The van der Waals surface area contributed by atoms with E-state index >= 15 is 0 Å². The molecule has 1 N–H and O–H groups in total. The maximum atomic E-state index is 12.7. The molecule has 1 saturated heterocycles. The maximum Gasteiger partial charge on any atom is 0.573 e. The second kappa shape index (κ2) is 12.3. The van der Waals surface area contributed by atoms with Crippen LogP contribution in [0.2, 0.25) is 0 Å². The van der Waals surface area contributed by atoms with Crippen LogP contribution in [0.1, 0.15) is 5.56 Å². The van der Waals surface area contributed by atoms with E-state index in [2.05, 4.69) is 19.6 Å². The normalized spacial score (nSPS) is 14.1. The fraction of sp³-hybridized carbons (Fsp3) is 0.258. The van der Waals surface area contributed by atoms with E-state index in [1.54, 1.807) is 0 Å². The number of anilines is 3. The number of rotatable bonds is 9. The summed E-state index contributed by atoms with van der Waals surface area (Å²) >= 11 is 0. The first-order valence-corrected chi connectivity index (χ1v) is 13.8. The van der Waals surface area contributed by atoms with Gasteiger partial charge in [-0.05, 0) is 55.0 Å². The molecule has 3 heterocycles. The second-order valence-corrected chi connectivity index (χ2v) is 9.97. The number of hydrogen-bond acceptors (Lipinski definition) is 8. The van der Waals surface area contributed by atoms with Crippen molar-refractivity contribution in [2.24, 2.45) is 0 Å². The lowest BCUT2D eigenvalue weighted by Gasteiger charge is -2.27. The molecule has 5 aromatic rings. The molecule has 12 heteroatoms. The van der Waals surface area contributed by atoms with Crippen LogP contribution in [0.5, 0.6) is 11.5 Å². The number of benzene rings is 3. The van der Waals surface area contributed by atoms with Crippen molar-refractivity contribution >= 4 is 28.5 Å². The van der Waals surface area contributed by atoms with Gasteiger partial charge in [0, 0.05) is 37.0 Å². The molecule has 2 aromatic heterocycles. The molecule has 9 nitrogen and oxygen atoms in total. The van der Waals surface area contributed by atoms with Crippen molar-refractivity contribution in [1.82, 2.24) is 24.8 Å². The highest BCUT2D eigenvalue weighted by Crippen LogP contribution is 2.38. The largest absolute Gasteiger partial charge is 0.573 e. The Labute approximate surface area is 245 Å². The summed E-state index contributed by atoms with van der Waals surface area (Å²) in [5.74, 6) is 0.722. The highest BCUT2D eigenvalue weighted by atomic mass is 19.4. The van der Waals surface area contributed by atoms with Crippen molar-refractivity contribution in [1.29, 1.82) is 0 Å². The Morgan fingerprint density at radius 1 is 0.953 bits per heavy atom. The Hall–Kier alpha value is -4.68. The molecule has 0 amide bonds. The van der Waals surface area contributed by atoms with Crippen molar-refractivity contribution in [3.05, 3.63) is 84.7 Å². The number of H-pyrrole nitrogens is 1. The van der Waals surface area contributed by atoms with Gasteiger partial charge in [0.2, 0.25) is 5.95 Å². The van der Waals surface area contributed by atoms with E-state index in [9.17, 15) is 13.2 Å². The first-order valence-electron chi connectivity index (χ1n) is 13.8. The number of halogens is 3. The summed E-state index contributed by atoms with van der Waals surface area (Å²) in [6.07, 6.45) is -3.27. The molecule has 1 fully saturated rings. The lowest BCUT2D eigenvalue weighted by molar-refractivity contribution is -0.274. The van der Waals surface area contributed by atoms with E-state index < -0.39 is 6.36 Å². The van der Waals surface area contributed by atoms with Gasteiger partial charge in [-0.1, -0.05) is 24.3 Å². The third kappa shape index (κ3) is 6.71. The molecule has 3 aromatic carbocycles. The summed E-state index contributed by atoms with van der Waals surface area (Å²) < 4.78 is 53.8. The number of alkyl halides is 3. The molecule has 1 aliphatic rings. The summed E-state index contributed by atoms with van der Waals surface area (Å²) in [5, 5.41) is 0. The van der Waals surface area contributed by atoms with Crippen molar-refractivity contribution in [3.63, 3.8) is 0 Å². The van der Waals surface area contributed by atoms with Crippen LogP contribution in [-0.2, 0) is 4.74 Å². The summed E-state index contributed by atoms with van der Waals surface area (Å²) in [7, 11) is 0. The minimum absolute atomic E-state index is 0.321. The van der Waals surface area contributed by atoms with Crippen LogP contribution >= 0.6 is 0 Å². The predicted octanol–water partition coefficient (Wildman–Crippen LogP) is 6.41. The Morgan fingerprint density at radius 3 is 2.44 bits per heavy atom. The van der Waals surface area contributed by atoms with Crippen LogP contribution in [0.15, 0.2) is 79.1 Å². The van der Waals surface area contributed by atoms with Gasteiger partial charge >= 0.3 is 6.36 Å². The number of aromatic amines is 1. The zero-order valence-corrected chi connectivity index (χ0v) is 23.3. The monoisotopic (exact) mass is 590 g/mol. The SMILES string of the molecule is Cc1ccc(OCCN2CCOCC2)cc1N(c1ccccc1)c1nc(-c2ccc(OC(F)(F)F)cc2)c2[nH]cnc2n1. The highest BCUT2D eigenvalue weighted by molar-refractivity contribution is 5.89. The van der Waals surface area contributed by atoms with Gasteiger partial charge in [-0.3, -0.25) is 9.80 Å². The van der Waals surface area contributed by atoms with Gasteiger partial charge in [0.1, 0.15) is 29.3 Å². The number of aromatic nitrogens is 4. The molecule has 0 aliphatic carbocycles. The van der Waals surface area contributed by atoms with Gasteiger partial charge in [0.15, 0.2) is 5.65 Å². The summed E-state index contributed by atoms with van der Waals surface area (Å²) in [4.78, 5) is 21.4. The number of aryl methyl sites for hydroxylation is 1. The average molecular weight is 591 g/mol. The minimum atomic E-state index is -4.78. The molecule has 0 bridgehead atoms. The molecule has 6 rings (SSSR count). The van der Waals surface area contributed by atoms with Gasteiger partial charge < -0.3 is 19.2 Å². The molecule has 0 radical (unpaired) electrons. The molecular weight excluding hydrogens is 561 g/mol. The molecule has 0 saturated carbocycles. The number of hydrogen-bond donors (Lipinski definition) is 1. The average Bonchev–Trinajstić information content (AvgIpc) is 3.48. The van der Waals surface area contributed by atoms with Gasteiger partial charge in [0.25, 0.3) is 0 Å². The van der Waals surface area contributed by atoms with Gasteiger partial charge in [-0.25, -0.2) is 9.97 Å². The van der Waals surface area contributed by atoms with Crippen LogP contribution in [0.25, 0.3) is 22.4 Å². The number of morpholine rings is 1. The summed E-state index contributed by atoms with van der Waals surface area (Å²) in [6.45, 7) is 6.56. The lowest BCUT2D eigenvalue weighted by atomic mass is 10.1. The summed E-state index contributed by atoms with van der Waals surface area (Å²) in [5.41, 5.74) is 4.59. The summed E-state index contributed by atoms with van der Waals surface area (Å²) in [6, 6.07) is 21.1. The Bertz CT molecular complexity index is 1670. The zero-order chi connectivity index (χ0) is 29.8. The fourth-order valence-corrected chi connectivity index (χ4v) is 4.92. The first kappa shape index (κ1) is 28.4. The van der Waals surface area contributed by atoms with Gasteiger partial charge in [-0.15, -0.1) is 13.2 Å². The van der Waals surface area contributed by atoms with Gasteiger partial charge in [-0.2, -0.15) is 4.98 Å². The number of nitrogens with one attached hydrogen (secondary N) is 1. The number of para-hydroxylation sites is 1. The first-order chi connectivity index (χ1) is 20.8. The molecule has 222 valence electrons. The number of ether oxygens (including phenoxy) is 3. The van der Waals surface area contributed by atoms with Gasteiger partial charge in [0.05, 0.1) is 25.2 Å². The topological polar surface area (TPSA) is 88.6 Å². The second-order valence-electron chi connectivity index (χ2n) is 9.97. The van der Waals surface area contributed by atoms with Crippen molar-refractivity contribution in [2.75, 3.05) is 44.4 Å². The third-order valence-electron chi connectivity index (χ3n) is 7.05. The molecule has 0 spiro atoms.